The van der Waals surface area contributed by atoms with Crippen LogP contribution in [0, 0.1) is 0 Å². The summed E-state index contributed by atoms with van der Waals surface area (Å²) in [5.74, 6) is -1.56. The zero-order valence-electron chi connectivity index (χ0n) is 18.1. The Hall–Kier alpha value is -1.22. The van der Waals surface area contributed by atoms with Gasteiger partial charge in [0.1, 0.15) is 18.3 Å². The average molecular weight is 464 g/mol. The first-order valence-corrected chi connectivity index (χ1v) is 12.4. The van der Waals surface area contributed by atoms with Gasteiger partial charge in [-0.15, -0.1) is 0 Å². The summed E-state index contributed by atoms with van der Waals surface area (Å²) in [4.78, 5) is 13.3. The van der Waals surface area contributed by atoms with E-state index >= 15 is 0 Å². The Kier molecular flexibility index (Phi) is 5.48. The smallest absolute Gasteiger partial charge is 0.256 e. The molecule has 7 nitrogen and oxygen atoms in total. The Balaban J connectivity index is 1.27. The van der Waals surface area contributed by atoms with Crippen molar-refractivity contribution >= 4 is 23.2 Å². The van der Waals surface area contributed by atoms with E-state index in [1.807, 2.05) is 0 Å². The van der Waals surface area contributed by atoms with Crippen molar-refractivity contribution in [3.05, 3.63) is 29.3 Å². The molecule has 32 heavy (non-hydrogen) atoms. The maximum atomic E-state index is 13.3. The lowest BCUT2D eigenvalue weighted by Gasteiger charge is -2.36. The van der Waals surface area contributed by atoms with E-state index in [4.69, 9.17) is 35.3 Å². The molecule has 8 heteroatoms. The Morgan fingerprint density at radius 2 is 1.34 bits per heavy atom. The molecule has 6 rings (SSSR count). The number of anilines is 1. The van der Waals surface area contributed by atoms with Gasteiger partial charge in [0.05, 0.1) is 0 Å². The third-order valence-electron chi connectivity index (χ3n) is 7.48. The molecule has 1 N–H and O–H groups in total. The number of hydrogen-bond acceptors (Lipinski definition) is 6. The molecule has 0 unspecified atom stereocenters. The highest BCUT2D eigenvalue weighted by atomic mass is 35.5. The van der Waals surface area contributed by atoms with E-state index in [9.17, 15) is 4.79 Å². The van der Waals surface area contributed by atoms with E-state index in [0.717, 1.165) is 51.4 Å². The van der Waals surface area contributed by atoms with Crippen LogP contribution >= 0.6 is 11.6 Å². The van der Waals surface area contributed by atoms with Crippen LogP contribution in [0.5, 0.6) is 0 Å². The van der Waals surface area contributed by atoms with E-state index < -0.39 is 36.2 Å². The number of halogens is 1. The van der Waals surface area contributed by atoms with E-state index in [-0.39, 0.29) is 12.0 Å². The molecule has 1 aromatic rings. The van der Waals surface area contributed by atoms with Crippen LogP contribution < -0.4 is 5.32 Å². The Bertz CT molecular complexity index is 851. The van der Waals surface area contributed by atoms with E-state index in [1.165, 1.54) is 12.8 Å². The number of benzene rings is 1. The second-order valence-electron chi connectivity index (χ2n) is 9.73. The van der Waals surface area contributed by atoms with Gasteiger partial charge in [-0.2, -0.15) is 0 Å². The number of rotatable bonds is 2. The molecule has 5 fully saturated rings. The van der Waals surface area contributed by atoms with Gasteiger partial charge >= 0.3 is 0 Å². The third-order valence-corrected chi connectivity index (χ3v) is 7.73. The molecule has 5 atom stereocenters. The highest BCUT2D eigenvalue weighted by Crippen LogP contribution is 2.51. The van der Waals surface area contributed by atoms with Gasteiger partial charge in [-0.3, -0.25) is 4.79 Å². The van der Waals surface area contributed by atoms with Gasteiger partial charge in [0, 0.05) is 36.4 Å². The van der Waals surface area contributed by atoms with E-state index in [1.54, 1.807) is 24.3 Å². The Morgan fingerprint density at radius 1 is 0.781 bits per heavy atom. The maximum Gasteiger partial charge on any atom is 0.256 e. The minimum Gasteiger partial charge on any atom is -0.341 e. The van der Waals surface area contributed by atoms with Crippen LogP contribution in [0.15, 0.2) is 24.3 Å². The van der Waals surface area contributed by atoms with Gasteiger partial charge < -0.3 is 29.0 Å². The molecule has 3 saturated heterocycles. The standard InChI is InChI=1S/C24H30ClNO6/c25-15-7-9-16(10-8-15)26-21(27)19-17-18(30-23(29-17)11-3-1-4-12-23)20-22(28-19)32-24(31-20)13-5-2-6-14-24/h7-10,17-20,22H,1-6,11-14H2,(H,26,27)/t17-,18-,19-,20-,22-/m1/s1. The fraction of sp³-hybridized carbons (Fsp3) is 0.708. The van der Waals surface area contributed by atoms with Gasteiger partial charge in [0.25, 0.3) is 5.91 Å². The van der Waals surface area contributed by atoms with Crippen molar-refractivity contribution in [2.45, 2.75) is 106 Å². The maximum absolute atomic E-state index is 13.3. The molecule has 0 radical (unpaired) electrons. The first-order valence-electron chi connectivity index (χ1n) is 12.0. The first-order chi connectivity index (χ1) is 15.5. The quantitative estimate of drug-likeness (QED) is 0.694. The molecule has 0 bridgehead atoms. The lowest BCUT2D eigenvalue weighted by atomic mass is 9.94. The van der Waals surface area contributed by atoms with Crippen molar-refractivity contribution in [1.29, 1.82) is 0 Å². The lowest BCUT2D eigenvalue weighted by molar-refractivity contribution is -0.246. The number of carbonyl (C=O) groups is 1. The van der Waals surface area contributed by atoms with Gasteiger partial charge in [0.15, 0.2) is 24.0 Å². The van der Waals surface area contributed by atoms with Gasteiger partial charge in [-0.25, -0.2) is 0 Å². The lowest BCUT2D eigenvalue weighted by Crippen LogP contribution is -2.58. The molecule has 0 aromatic heterocycles. The monoisotopic (exact) mass is 463 g/mol. The number of hydrogen-bond donors (Lipinski definition) is 1. The fourth-order valence-electron chi connectivity index (χ4n) is 5.92. The molecule has 2 saturated carbocycles. The fourth-order valence-corrected chi connectivity index (χ4v) is 6.04. The van der Waals surface area contributed by atoms with Crippen molar-refractivity contribution in [1.82, 2.24) is 0 Å². The van der Waals surface area contributed by atoms with Crippen LogP contribution in [0.3, 0.4) is 0 Å². The van der Waals surface area contributed by atoms with E-state index in [2.05, 4.69) is 5.32 Å². The largest absolute Gasteiger partial charge is 0.341 e. The predicted molar refractivity (Wildman–Crippen MR) is 116 cm³/mol. The van der Waals surface area contributed by atoms with Crippen molar-refractivity contribution in [2.75, 3.05) is 5.32 Å². The number of carbonyl (C=O) groups excluding carboxylic acids is 1. The molecular weight excluding hydrogens is 434 g/mol. The summed E-state index contributed by atoms with van der Waals surface area (Å²) in [6.45, 7) is 0. The predicted octanol–water partition coefficient (Wildman–Crippen LogP) is 4.52. The number of fused-ring (bicyclic) bond motifs is 3. The van der Waals surface area contributed by atoms with Crippen molar-refractivity contribution < 1.29 is 28.5 Å². The topological polar surface area (TPSA) is 75.3 Å². The normalized spacial score (nSPS) is 37.2. The molecule has 3 aliphatic heterocycles. The summed E-state index contributed by atoms with van der Waals surface area (Å²) in [7, 11) is 0. The zero-order chi connectivity index (χ0) is 21.8. The Labute approximate surface area is 193 Å². The molecule has 1 aromatic carbocycles. The van der Waals surface area contributed by atoms with Gasteiger partial charge in [-0.1, -0.05) is 24.4 Å². The highest BCUT2D eigenvalue weighted by Gasteiger charge is 2.65. The Morgan fingerprint density at radius 3 is 2.00 bits per heavy atom. The zero-order valence-corrected chi connectivity index (χ0v) is 18.9. The van der Waals surface area contributed by atoms with Crippen LogP contribution in [-0.2, 0) is 28.5 Å². The van der Waals surface area contributed by atoms with Crippen molar-refractivity contribution in [3.8, 4) is 0 Å². The number of nitrogens with one attached hydrogen (secondary N) is 1. The molecule has 3 heterocycles. The van der Waals surface area contributed by atoms with Gasteiger partial charge in [-0.05, 0) is 49.9 Å². The number of ether oxygens (including phenoxy) is 5. The van der Waals surface area contributed by atoms with E-state index in [0.29, 0.717) is 10.7 Å². The summed E-state index contributed by atoms with van der Waals surface area (Å²) in [6, 6.07) is 7.02. The number of amides is 1. The van der Waals surface area contributed by atoms with Crippen molar-refractivity contribution in [3.63, 3.8) is 0 Å². The van der Waals surface area contributed by atoms with Crippen LogP contribution in [-0.4, -0.2) is 48.2 Å². The van der Waals surface area contributed by atoms with Gasteiger partial charge in [0.2, 0.25) is 0 Å². The molecule has 2 aliphatic carbocycles. The second-order valence-corrected chi connectivity index (χ2v) is 10.2. The average Bonchev–Trinajstić information content (AvgIpc) is 3.33. The molecular formula is C24H30ClNO6. The minimum absolute atomic E-state index is 0.273. The summed E-state index contributed by atoms with van der Waals surface area (Å²) >= 11 is 5.98. The van der Waals surface area contributed by atoms with Crippen LogP contribution in [0.4, 0.5) is 5.69 Å². The SMILES string of the molecule is O=C(Nc1ccc(Cl)cc1)[C@@H]1O[C@@H]2OC3(CCCCC3)O[C@@H]2[C@@H]2OC3(CCCCC3)O[C@H]21. The van der Waals surface area contributed by atoms with Crippen LogP contribution in [0.2, 0.25) is 5.02 Å². The minimum atomic E-state index is -0.847. The molecule has 5 aliphatic rings. The highest BCUT2D eigenvalue weighted by molar-refractivity contribution is 6.30. The summed E-state index contributed by atoms with van der Waals surface area (Å²) in [6.07, 6.45) is 7.13. The first kappa shape index (κ1) is 21.3. The summed E-state index contributed by atoms with van der Waals surface area (Å²) in [5, 5.41) is 3.55. The van der Waals surface area contributed by atoms with Crippen molar-refractivity contribution in [2.24, 2.45) is 0 Å². The van der Waals surface area contributed by atoms with Crippen LogP contribution in [0.1, 0.15) is 64.2 Å². The summed E-state index contributed by atoms with van der Waals surface area (Å²) in [5.41, 5.74) is 0.653. The molecule has 2 spiro atoms. The third kappa shape index (κ3) is 3.77. The second kappa shape index (κ2) is 8.22. The molecule has 1 amide bonds. The summed E-state index contributed by atoms with van der Waals surface area (Å²) < 4.78 is 32.2. The molecule has 174 valence electrons. The van der Waals surface area contributed by atoms with Crippen LogP contribution in [0.25, 0.3) is 0 Å².